The number of aromatic carboxylic acids is 1. The summed E-state index contributed by atoms with van der Waals surface area (Å²) in [6, 6.07) is 4.71. The number of rotatable bonds is 7. The minimum Gasteiger partial charge on any atom is -0.478 e. The third-order valence-corrected chi connectivity index (χ3v) is 3.15. The van der Waals surface area contributed by atoms with Crippen molar-refractivity contribution < 1.29 is 20.8 Å². The number of benzene rings is 1. The fourth-order valence-corrected chi connectivity index (χ4v) is 1.95. The van der Waals surface area contributed by atoms with E-state index < -0.39 is 24.4 Å². The van der Waals surface area contributed by atoms with Crippen molar-refractivity contribution in [2.24, 2.45) is 0 Å². The van der Waals surface area contributed by atoms with Crippen molar-refractivity contribution in [2.75, 3.05) is 0 Å². The van der Waals surface area contributed by atoms with Crippen LogP contribution in [0.15, 0.2) is 18.2 Å². The van der Waals surface area contributed by atoms with E-state index in [2.05, 4.69) is 0 Å². The molecule has 1 aromatic carbocycles. The molecule has 0 fully saturated rings. The predicted molar refractivity (Wildman–Crippen MR) is 77.2 cm³/mol. The van der Waals surface area contributed by atoms with Crippen molar-refractivity contribution in [3.63, 3.8) is 0 Å². The van der Waals surface area contributed by atoms with Gasteiger partial charge in [0.1, 0.15) is 6.10 Å². The highest BCUT2D eigenvalue weighted by atomic mass is 16.5. The van der Waals surface area contributed by atoms with Crippen LogP contribution >= 0.6 is 0 Å². The molecule has 110 valence electrons. The van der Waals surface area contributed by atoms with E-state index in [9.17, 15) is 14.7 Å². The van der Waals surface area contributed by atoms with Crippen molar-refractivity contribution in [1.29, 1.82) is 0 Å². The van der Waals surface area contributed by atoms with Crippen LogP contribution in [0.4, 0.5) is 0 Å². The van der Waals surface area contributed by atoms with Crippen LogP contribution in [-0.4, -0.2) is 23.1 Å². The maximum absolute atomic E-state index is 12.2. The maximum atomic E-state index is 12.2. The van der Waals surface area contributed by atoms with Crippen LogP contribution in [0.5, 0.6) is 0 Å². The number of carboxylic acid groups (broad SMARTS) is 1. The molecule has 20 heavy (non-hydrogen) atoms. The highest BCUT2D eigenvalue weighted by Crippen LogP contribution is 2.17. The maximum Gasteiger partial charge on any atom is 0.339 e. The number of hydrogen-bond acceptors (Lipinski definition) is 3. The van der Waals surface area contributed by atoms with Gasteiger partial charge < -0.3 is 9.84 Å². The molecule has 4 nitrogen and oxygen atoms in total. The van der Waals surface area contributed by atoms with Gasteiger partial charge in [-0.05, 0) is 36.9 Å². The van der Waals surface area contributed by atoms with Gasteiger partial charge in [-0.3, -0.25) is 0 Å². The van der Waals surface area contributed by atoms with Crippen molar-refractivity contribution in [2.45, 2.75) is 52.5 Å². The number of hydrogen-bond donors (Lipinski definition) is 1. The molecule has 0 bridgehead atoms. The molecule has 2 atom stereocenters. The summed E-state index contributed by atoms with van der Waals surface area (Å²) in [4.78, 5) is 23.5. The summed E-state index contributed by atoms with van der Waals surface area (Å²) in [5.74, 6) is -1.82. The molecule has 1 N–H and O–H groups in total. The Bertz CT molecular complexity index is 511. The third-order valence-electron chi connectivity index (χ3n) is 3.15. The number of carboxylic acids is 1. The fraction of sp³-hybridized carbons (Fsp3) is 0.500. The van der Waals surface area contributed by atoms with Crippen LogP contribution in [0.3, 0.4) is 0 Å². The first-order chi connectivity index (χ1) is 9.90. The lowest BCUT2D eigenvalue weighted by molar-refractivity contribution is 0.0266. The van der Waals surface area contributed by atoms with Crippen molar-refractivity contribution in [3.8, 4) is 0 Å². The summed E-state index contributed by atoms with van der Waals surface area (Å²) in [6.45, 7) is 5.52. The number of carbonyl (C=O) groups is 2. The van der Waals surface area contributed by atoms with Gasteiger partial charge in [-0.25, -0.2) is 9.59 Å². The van der Waals surface area contributed by atoms with Crippen LogP contribution in [-0.2, 0) is 11.2 Å². The molecule has 4 heteroatoms. The lowest BCUT2D eigenvalue weighted by Crippen LogP contribution is -2.19. The van der Waals surface area contributed by atoms with E-state index in [-0.39, 0.29) is 11.1 Å². The highest BCUT2D eigenvalue weighted by Gasteiger charge is 2.20. The molecule has 0 heterocycles. The largest absolute Gasteiger partial charge is 0.478 e. The molecule has 0 aliphatic heterocycles. The van der Waals surface area contributed by atoms with Crippen molar-refractivity contribution in [3.05, 3.63) is 34.9 Å². The second kappa shape index (κ2) is 7.68. The summed E-state index contributed by atoms with van der Waals surface area (Å²) in [7, 11) is 0. The molecule has 0 amide bonds. The van der Waals surface area contributed by atoms with Gasteiger partial charge in [0.05, 0.1) is 11.1 Å². The Morgan fingerprint density at radius 3 is 2.50 bits per heavy atom. The molecule has 0 spiro atoms. The van der Waals surface area contributed by atoms with Gasteiger partial charge in [0.15, 0.2) is 0 Å². The lowest BCUT2D eigenvalue weighted by atomic mass is 10.0. The molecule has 0 saturated carbocycles. The first-order valence-corrected chi connectivity index (χ1v) is 6.90. The predicted octanol–water partition coefficient (Wildman–Crippen LogP) is 3.68. The van der Waals surface area contributed by atoms with E-state index in [1.54, 1.807) is 13.0 Å². The quantitative estimate of drug-likeness (QED) is 0.774. The topological polar surface area (TPSA) is 63.6 Å². The minimum atomic E-state index is -1.15. The summed E-state index contributed by atoms with van der Waals surface area (Å²) in [5.41, 5.74) is 0.844. The second-order valence-corrected chi connectivity index (χ2v) is 4.60. The number of ether oxygens (including phenoxy) is 1. The monoisotopic (exact) mass is 280 g/mol. The standard InChI is InChI=1S/C16H22O4/c1-4-7-12(6-3)20-16(19)13-9-8-11(5-2)10-14(13)15(17)18/h8-10,12H,4-7H2,1-3H3,(H,17,18)/i6T. The number of esters is 1. The van der Waals surface area contributed by atoms with Crippen LogP contribution in [0.25, 0.3) is 0 Å². The molecular formula is C16H22O4. The van der Waals surface area contributed by atoms with E-state index in [1.807, 2.05) is 13.8 Å². The Kier molecular flexibility index (Phi) is 5.59. The zero-order valence-electron chi connectivity index (χ0n) is 13.2. The average molecular weight is 280 g/mol. The lowest BCUT2D eigenvalue weighted by Gasteiger charge is -2.16. The summed E-state index contributed by atoms with van der Waals surface area (Å²) in [5, 5.41) is 9.24. The molecule has 0 aromatic heterocycles. The normalized spacial score (nSPS) is 14.2. The number of carbonyl (C=O) groups excluding carboxylic acids is 1. The van der Waals surface area contributed by atoms with Gasteiger partial charge in [0.2, 0.25) is 0 Å². The van der Waals surface area contributed by atoms with Crippen LogP contribution in [0.1, 0.15) is 67.7 Å². The Morgan fingerprint density at radius 2 is 2.00 bits per heavy atom. The zero-order valence-corrected chi connectivity index (χ0v) is 12.2. The number of aryl methyl sites for hydroxylation is 1. The Labute approximate surface area is 121 Å². The van der Waals surface area contributed by atoms with Gasteiger partial charge in [-0.2, -0.15) is 0 Å². The van der Waals surface area contributed by atoms with Crippen LogP contribution in [0.2, 0.25) is 0 Å². The molecule has 0 aliphatic rings. The smallest absolute Gasteiger partial charge is 0.339 e. The van der Waals surface area contributed by atoms with Gasteiger partial charge >= 0.3 is 11.9 Å². The zero-order chi connectivity index (χ0) is 16.0. The highest BCUT2D eigenvalue weighted by molar-refractivity contribution is 6.02. The molecule has 0 radical (unpaired) electrons. The SMILES string of the molecule is [3H]C(C)C(CCC)OC(=O)c1ccc(CC)cc1C(=O)O. The van der Waals surface area contributed by atoms with E-state index in [0.717, 1.165) is 12.0 Å². The first-order valence-electron chi connectivity index (χ1n) is 7.47. The van der Waals surface area contributed by atoms with Gasteiger partial charge in [0.25, 0.3) is 0 Å². The van der Waals surface area contributed by atoms with Gasteiger partial charge in [-0.1, -0.05) is 33.3 Å². The second-order valence-electron chi connectivity index (χ2n) is 4.60. The average Bonchev–Trinajstić information content (AvgIpc) is 2.45. The Hall–Kier alpha value is -1.84. The molecule has 1 rings (SSSR count). The molecular weight excluding hydrogens is 256 g/mol. The molecule has 0 saturated heterocycles. The Balaban J connectivity index is 3.03. The van der Waals surface area contributed by atoms with Crippen LogP contribution in [0, 0.1) is 0 Å². The first kappa shape index (κ1) is 14.6. The Morgan fingerprint density at radius 1 is 1.30 bits per heavy atom. The van der Waals surface area contributed by atoms with E-state index in [4.69, 9.17) is 6.11 Å². The fourth-order valence-electron chi connectivity index (χ4n) is 1.95. The summed E-state index contributed by atoms with van der Waals surface area (Å²) < 4.78 is 13.0. The molecule has 0 aliphatic carbocycles. The van der Waals surface area contributed by atoms with Gasteiger partial charge in [-0.15, -0.1) is 0 Å². The minimum absolute atomic E-state index is 0.0430. The van der Waals surface area contributed by atoms with E-state index >= 15 is 0 Å². The molecule has 1 aromatic rings. The van der Waals surface area contributed by atoms with Gasteiger partial charge in [0, 0.05) is 1.37 Å². The van der Waals surface area contributed by atoms with E-state index in [1.165, 1.54) is 12.1 Å². The van der Waals surface area contributed by atoms with E-state index in [0.29, 0.717) is 12.8 Å². The van der Waals surface area contributed by atoms with Crippen molar-refractivity contribution in [1.82, 2.24) is 0 Å². The summed E-state index contributed by atoms with van der Waals surface area (Å²) in [6.07, 6.45) is 1.01. The van der Waals surface area contributed by atoms with Crippen LogP contribution < -0.4 is 0 Å². The third kappa shape index (κ3) is 4.08. The molecule has 2 unspecified atom stereocenters. The van der Waals surface area contributed by atoms with Crippen molar-refractivity contribution >= 4 is 11.9 Å². The summed E-state index contributed by atoms with van der Waals surface area (Å²) >= 11 is 0.